The summed E-state index contributed by atoms with van der Waals surface area (Å²) in [7, 11) is 5.24. The third-order valence-electron chi connectivity index (χ3n) is 5.94. The highest BCUT2D eigenvalue weighted by Crippen LogP contribution is 2.25. The van der Waals surface area contributed by atoms with Crippen LogP contribution in [0.2, 0.25) is 0 Å². The van der Waals surface area contributed by atoms with Crippen LogP contribution in [0.4, 0.5) is 0 Å². The van der Waals surface area contributed by atoms with Gasteiger partial charge in [-0.15, -0.1) is 0 Å². The van der Waals surface area contributed by atoms with E-state index in [2.05, 4.69) is 55.4 Å². The van der Waals surface area contributed by atoms with E-state index in [1.54, 1.807) is 14.2 Å². The maximum absolute atomic E-state index is 5.54. The number of hydrogen-bond acceptors (Lipinski definition) is 5. The number of ether oxygens (including phenoxy) is 2. The van der Waals surface area contributed by atoms with Crippen molar-refractivity contribution >= 4 is 16.7 Å². The molecule has 0 bridgehead atoms. The molecule has 1 N–H and O–H groups in total. The fraction of sp³-hybridized carbons (Fsp3) is 0.360. The first-order valence-corrected chi connectivity index (χ1v) is 10.9. The lowest BCUT2D eigenvalue weighted by Gasteiger charge is -2.36. The highest BCUT2D eigenvalue weighted by Gasteiger charge is 2.21. The van der Waals surface area contributed by atoms with Gasteiger partial charge in [0.05, 0.1) is 26.5 Å². The summed E-state index contributed by atoms with van der Waals surface area (Å²) < 4.78 is 10.9. The molecule has 1 saturated heterocycles. The third kappa shape index (κ3) is 4.94. The number of methoxy groups -OCH3 is 2. The van der Waals surface area contributed by atoms with E-state index in [1.807, 2.05) is 31.4 Å². The van der Waals surface area contributed by atoms with Crippen LogP contribution < -0.4 is 14.8 Å². The molecule has 1 aromatic heterocycles. The van der Waals surface area contributed by atoms with Crippen LogP contribution in [-0.4, -0.2) is 68.2 Å². The molecule has 1 fully saturated rings. The minimum absolute atomic E-state index is 0.648. The molecule has 0 amide bonds. The van der Waals surface area contributed by atoms with E-state index in [9.17, 15) is 0 Å². The number of aromatic nitrogens is 1. The summed E-state index contributed by atoms with van der Waals surface area (Å²) in [4.78, 5) is 13.8. The molecule has 32 heavy (non-hydrogen) atoms. The second kappa shape index (κ2) is 10.3. The van der Waals surface area contributed by atoms with Crippen molar-refractivity contribution in [3.05, 3.63) is 66.0 Å². The van der Waals surface area contributed by atoms with Crippen molar-refractivity contribution in [1.82, 2.24) is 20.1 Å². The Labute approximate surface area is 189 Å². The molecule has 7 heteroatoms. The fourth-order valence-corrected chi connectivity index (χ4v) is 4.18. The standard InChI is InChI=1S/C25H31N5O2/c1-26-25(28-17-23-22-7-5-4-6-19(22)10-11-27-23)30-14-12-29(13-15-30)18-20-16-21(31-2)8-9-24(20)32-3/h4-11,16H,12-15,17-18H2,1-3H3,(H,26,28). The summed E-state index contributed by atoms with van der Waals surface area (Å²) in [6, 6.07) is 16.4. The predicted molar refractivity (Wildman–Crippen MR) is 128 cm³/mol. The summed E-state index contributed by atoms with van der Waals surface area (Å²) in [5.74, 6) is 2.66. The fourth-order valence-electron chi connectivity index (χ4n) is 4.18. The van der Waals surface area contributed by atoms with E-state index in [1.165, 1.54) is 10.8 Å². The number of hydrogen-bond donors (Lipinski definition) is 1. The van der Waals surface area contributed by atoms with Crippen LogP contribution in [0.3, 0.4) is 0 Å². The quantitative estimate of drug-likeness (QED) is 0.476. The maximum atomic E-state index is 5.54. The Balaban J connectivity index is 1.35. The van der Waals surface area contributed by atoms with Gasteiger partial charge in [0.25, 0.3) is 0 Å². The zero-order valence-electron chi connectivity index (χ0n) is 19.0. The normalized spacial score (nSPS) is 15.1. The lowest BCUT2D eigenvalue weighted by molar-refractivity contribution is 0.171. The number of aliphatic imine (C=N–C) groups is 1. The predicted octanol–water partition coefficient (Wildman–Crippen LogP) is 3.15. The van der Waals surface area contributed by atoms with Crippen molar-refractivity contribution in [2.24, 2.45) is 4.99 Å². The van der Waals surface area contributed by atoms with Gasteiger partial charge in [-0.2, -0.15) is 0 Å². The third-order valence-corrected chi connectivity index (χ3v) is 5.94. The van der Waals surface area contributed by atoms with Crippen LogP contribution >= 0.6 is 0 Å². The van der Waals surface area contributed by atoms with Gasteiger partial charge in [0.1, 0.15) is 11.5 Å². The van der Waals surface area contributed by atoms with Gasteiger partial charge in [0, 0.05) is 56.9 Å². The molecular weight excluding hydrogens is 402 g/mol. The molecule has 0 saturated carbocycles. The molecule has 2 heterocycles. The van der Waals surface area contributed by atoms with Crippen molar-refractivity contribution in [2.45, 2.75) is 13.1 Å². The van der Waals surface area contributed by atoms with Gasteiger partial charge in [0.15, 0.2) is 5.96 Å². The van der Waals surface area contributed by atoms with Crippen molar-refractivity contribution in [2.75, 3.05) is 47.4 Å². The van der Waals surface area contributed by atoms with Crippen molar-refractivity contribution in [3.8, 4) is 11.5 Å². The molecule has 0 unspecified atom stereocenters. The van der Waals surface area contributed by atoms with Crippen molar-refractivity contribution < 1.29 is 9.47 Å². The lowest BCUT2D eigenvalue weighted by Crippen LogP contribution is -2.52. The van der Waals surface area contributed by atoms with E-state index < -0.39 is 0 Å². The number of piperazine rings is 1. The van der Waals surface area contributed by atoms with Gasteiger partial charge >= 0.3 is 0 Å². The van der Waals surface area contributed by atoms with Crippen LogP contribution in [0.5, 0.6) is 11.5 Å². The highest BCUT2D eigenvalue weighted by atomic mass is 16.5. The second-order valence-electron chi connectivity index (χ2n) is 7.82. The van der Waals surface area contributed by atoms with E-state index in [0.29, 0.717) is 6.54 Å². The zero-order valence-corrected chi connectivity index (χ0v) is 19.0. The summed E-state index contributed by atoms with van der Waals surface area (Å²) in [5, 5.41) is 5.88. The number of nitrogens with zero attached hydrogens (tertiary/aromatic N) is 4. The molecule has 4 rings (SSSR count). The summed E-state index contributed by atoms with van der Waals surface area (Å²) in [6.07, 6.45) is 1.87. The van der Waals surface area contributed by atoms with Crippen molar-refractivity contribution in [3.63, 3.8) is 0 Å². The number of nitrogens with one attached hydrogen (secondary N) is 1. The Morgan fingerprint density at radius 1 is 1.03 bits per heavy atom. The summed E-state index contributed by atoms with van der Waals surface area (Å²) in [6.45, 7) is 5.21. The molecule has 0 radical (unpaired) electrons. The van der Waals surface area contributed by atoms with Gasteiger partial charge in [-0.3, -0.25) is 14.9 Å². The average molecular weight is 434 g/mol. The number of rotatable bonds is 6. The average Bonchev–Trinajstić information content (AvgIpc) is 2.85. The van der Waals surface area contributed by atoms with Crippen LogP contribution in [0.1, 0.15) is 11.3 Å². The Bertz CT molecular complexity index is 1070. The van der Waals surface area contributed by atoms with Gasteiger partial charge in [-0.05, 0) is 29.7 Å². The minimum atomic E-state index is 0.648. The highest BCUT2D eigenvalue weighted by molar-refractivity contribution is 5.85. The smallest absolute Gasteiger partial charge is 0.194 e. The van der Waals surface area contributed by atoms with Gasteiger partial charge < -0.3 is 19.7 Å². The maximum Gasteiger partial charge on any atom is 0.194 e. The monoisotopic (exact) mass is 433 g/mol. The van der Waals surface area contributed by atoms with Gasteiger partial charge in [0.2, 0.25) is 0 Å². The Hall–Kier alpha value is -3.32. The summed E-state index contributed by atoms with van der Waals surface area (Å²) >= 11 is 0. The molecule has 7 nitrogen and oxygen atoms in total. The Morgan fingerprint density at radius 2 is 1.84 bits per heavy atom. The van der Waals surface area contributed by atoms with Crippen LogP contribution in [0, 0.1) is 0 Å². The van der Waals surface area contributed by atoms with Gasteiger partial charge in [-0.1, -0.05) is 24.3 Å². The molecule has 1 aliphatic heterocycles. The molecule has 1 aliphatic rings. The molecule has 2 aromatic carbocycles. The minimum Gasteiger partial charge on any atom is -0.497 e. The SMILES string of the molecule is CN=C(NCc1nccc2ccccc12)N1CCN(Cc2cc(OC)ccc2OC)CC1. The van der Waals surface area contributed by atoms with E-state index >= 15 is 0 Å². The number of benzene rings is 2. The second-order valence-corrected chi connectivity index (χ2v) is 7.82. The molecule has 0 aliphatic carbocycles. The molecule has 0 atom stereocenters. The Kier molecular flexibility index (Phi) is 7.07. The zero-order chi connectivity index (χ0) is 22.3. The Morgan fingerprint density at radius 3 is 2.59 bits per heavy atom. The largest absolute Gasteiger partial charge is 0.497 e. The van der Waals surface area contributed by atoms with E-state index in [4.69, 9.17) is 9.47 Å². The molecule has 168 valence electrons. The molecule has 3 aromatic rings. The van der Waals surface area contributed by atoms with Crippen molar-refractivity contribution in [1.29, 1.82) is 0 Å². The molecular formula is C25H31N5O2. The first kappa shape index (κ1) is 21.9. The van der Waals surface area contributed by atoms with Gasteiger partial charge in [-0.25, -0.2) is 0 Å². The first-order chi connectivity index (χ1) is 15.7. The number of fused-ring (bicyclic) bond motifs is 1. The van der Waals surface area contributed by atoms with Crippen LogP contribution in [-0.2, 0) is 13.1 Å². The summed E-state index contributed by atoms with van der Waals surface area (Å²) in [5.41, 5.74) is 2.18. The topological polar surface area (TPSA) is 62.2 Å². The van der Waals surface area contributed by atoms with Crippen LogP contribution in [0.15, 0.2) is 59.7 Å². The number of guanidine groups is 1. The van der Waals surface area contributed by atoms with Crippen LogP contribution in [0.25, 0.3) is 10.8 Å². The first-order valence-electron chi connectivity index (χ1n) is 10.9. The lowest BCUT2D eigenvalue weighted by atomic mass is 10.1. The van der Waals surface area contributed by atoms with E-state index in [0.717, 1.165) is 61.4 Å². The van der Waals surface area contributed by atoms with E-state index in [-0.39, 0.29) is 0 Å². The number of pyridine rings is 1. The molecule has 0 spiro atoms.